The van der Waals surface area contributed by atoms with Crippen LogP contribution in [-0.4, -0.2) is 32.2 Å². The number of esters is 1. The number of hydrogen-bond acceptors (Lipinski definition) is 5. The van der Waals surface area contributed by atoms with E-state index in [-0.39, 0.29) is 11.3 Å². The molecule has 0 fully saturated rings. The third kappa shape index (κ3) is 4.92. The van der Waals surface area contributed by atoms with Crippen molar-refractivity contribution in [1.82, 2.24) is 0 Å². The molecule has 0 aliphatic rings. The number of ether oxygens (including phenoxy) is 3. The van der Waals surface area contributed by atoms with E-state index in [1.54, 1.807) is 6.07 Å². The number of benzene rings is 2. The molecule has 26 heavy (non-hydrogen) atoms. The van der Waals surface area contributed by atoms with Gasteiger partial charge in [-0.2, -0.15) is 0 Å². The quantitative estimate of drug-likeness (QED) is 0.763. The Morgan fingerprint density at radius 1 is 1.08 bits per heavy atom. The molecule has 1 amide bonds. The monoisotopic (exact) mass is 365 g/mol. The van der Waals surface area contributed by atoms with Gasteiger partial charge in [-0.15, -0.1) is 0 Å². The molecule has 0 bridgehead atoms. The zero-order valence-electron chi connectivity index (χ0n) is 14.2. The second-order valence-electron chi connectivity index (χ2n) is 5.05. The highest BCUT2D eigenvalue weighted by atomic mass is 19.1. The summed E-state index contributed by atoms with van der Waals surface area (Å²) in [6.45, 7) is 1.57. The van der Waals surface area contributed by atoms with Crippen LogP contribution < -0.4 is 14.8 Å². The molecule has 0 radical (unpaired) electrons. The number of nitrogens with one attached hydrogen (secondary N) is 1. The van der Waals surface area contributed by atoms with Crippen LogP contribution in [0.5, 0.6) is 11.5 Å². The van der Waals surface area contributed by atoms with Crippen LogP contribution in [0, 0.1) is 11.6 Å². The van der Waals surface area contributed by atoms with Crippen LogP contribution >= 0.6 is 0 Å². The molecule has 138 valence electrons. The van der Waals surface area contributed by atoms with Crippen molar-refractivity contribution in [3.63, 3.8) is 0 Å². The molecule has 2 rings (SSSR count). The van der Waals surface area contributed by atoms with E-state index < -0.39 is 30.1 Å². The highest BCUT2D eigenvalue weighted by Crippen LogP contribution is 2.28. The van der Waals surface area contributed by atoms with Gasteiger partial charge in [0.25, 0.3) is 5.91 Å². The van der Waals surface area contributed by atoms with E-state index in [0.717, 1.165) is 18.2 Å². The first-order chi connectivity index (χ1) is 12.4. The zero-order chi connectivity index (χ0) is 19.1. The number of hydrogen-bond donors (Lipinski definition) is 1. The van der Waals surface area contributed by atoms with Crippen molar-refractivity contribution >= 4 is 17.6 Å². The minimum absolute atomic E-state index is 0.148. The topological polar surface area (TPSA) is 73.9 Å². The van der Waals surface area contributed by atoms with Gasteiger partial charge in [-0.05, 0) is 37.3 Å². The lowest BCUT2D eigenvalue weighted by atomic mass is 10.2. The molecule has 2 aromatic rings. The van der Waals surface area contributed by atoms with Crippen molar-refractivity contribution in [3.05, 3.63) is 53.6 Å². The molecule has 0 spiro atoms. The van der Waals surface area contributed by atoms with Crippen LogP contribution in [0.2, 0.25) is 0 Å². The van der Waals surface area contributed by atoms with Crippen molar-refractivity contribution in [3.8, 4) is 11.5 Å². The maximum absolute atomic E-state index is 13.5. The van der Waals surface area contributed by atoms with Gasteiger partial charge >= 0.3 is 5.97 Å². The van der Waals surface area contributed by atoms with Crippen LogP contribution in [0.3, 0.4) is 0 Å². The van der Waals surface area contributed by atoms with Crippen LogP contribution in [0.4, 0.5) is 14.5 Å². The van der Waals surface area contributed by atoms with Crippen molar-refractivity contribution in [1.29, 1.82) is 0 Å². The SMILES string of the molecule is CCOc1ccc(C(=O)OCC(=O)Nc2cc(F)ccc2F)cc1OC. The number of amides is 1. The van der Waals surface area contributed by atoms with Crippen LogP contribution in [0.1, 0.15) is 17.3 Å². The highest BCUT2D eigenvalue weighted by molar-refractivity contribution is 5.95. The molecular formula is C18H17F2NO5. The molecule has 8 heteroatoms. The highest BCUT2D eigenvalue weighted by Gasteiger charge is 2.15. The number of halogens is 2. The smallest absolute Gasteiger partial charge is 0.338 e. The summed E-state index contributed by atoms with van der Waals surface area (Å²) in [6.07, 6.45) is 0. The molecule has 0 saturated carbocycles. The molecule has 1 N–H and O–H groups in total. The van der Waals surface area contributed by atoms with Gasteiger partial charge < -0.3 is 19.5 Å². The van der Waals surface area contributed by atoms with Crippen molar-refractivity contribution in [2.45, 2.75) is 6.92 Å². The van der Waals surface area contributed by atoms with E-state index in [2.05, 4.69) is 5.32 Å². The summed E-state index contributed by atoms with van der Waals surface area (Å²) >= 11 is 0. The fourth-order valence-electron chi connectivity index (χ4n) is 2.06. The lowest BCUT2D eigenvalue weighted by Gasteiger charge is -2.11. The van der Waals surface area contributed by atoms with Crippen LogP contribution in [-0.2, 0) is 9.53 Å². The normalized spacial score (nSPS) is 10.2. The number of methoxy groups -OCH3 is 1. The summed E-state index contributed by atoms with van der Waals surface area (Å²) < 4.78 is 41.9. The Labute approximate surface area is 148 Å². The maximum atomic E-state index is 13.5. The first-order valence-corrected chi connectivity index (χ1v) is 7.67. The Kier molecular flexibility index (Phi) is 6.48. The predicted octanol–water partition coefficient (Wildman–Crippen LogP) is 3.17. The summed E-state index contributed by atoms with van der Waals surface area (Å²) in [4.78, 5) is 23.8. The molecule has 0 aliphatic heterocycles. The van der Waals surface area contributed by atoms with Gasteiger partial charge in [0.05, 0.1) is 25.0 Å². The fourth-order valence-corrected chi connectivity index (χ4v) is 2.06. The average Bonchev–Trinajstić information content (AvgIpc) is 2.63. The third-order valence-electron chi connectivity index (χ3n) is 3.24. The molecule has 0 aliphatic carbocycles. The summed E-state index contributed by atoms with van der Waals surface area (Å²) in [6, 6.07) is 7.04. The summed E-state index contributed by atoms with van der Waals surface area (Å²) in [5.41, 5.74) is -0.191. The Morgan fingerprint density at radius 2 is 1.85 bits per heavy atom. The number of carbonyl (C=O) groups excluding carboxylic acids is 2. The standard InChI is InChI=1S/C18H17F2NO5/c1-3-25-15-7-4-11(8-16(15)24-2)18(23)26-10-17(22)21-14-9-12(19)5-6-13(14)20/h4-9H,3,10H2,1-2H3,(H,21,22). The second-order valence-corrected chi connectivity index (χ2v) is 5.05. The molecule has 0 saturated heterocycles. The van der Waals surface area contributed by atoms with Gasteiger partial charge in [0.15, 0.2) is 18.1 Å². The minimum Gasteiger partial charge on any atom is -0.493 e. The Morgan fingerprint density at radius 3 is 2.54 bits per heavy atom. The molecule has 2 aromatic carbocycles. The largest absolute Gasteiger partial charge is 0.493 e. The van der Waals surface area contributed by atoms with E-state index in [1.165, 1.54) is 19.2 Å². The average molecular weight is 365 g/mol. The number of anilines is 1. The first-order valence-electron chi connectivity index (χ1n) is 7.67. The predicted molar refractivity (Wildman–Crippen MR) is 89.4 cm³/mol. The number of carbonyl (C=O) groups is 2. The summed E-state index contributed by atoms with van der Waals surface area (Å²) in [5, 5.41) is 2.13. The Bertz CT molecular complexity index is 810. The van der Waals surface area contributed by atoms with Gasteiger partial charge in [0.1, 0.15) is 11.6 Å². The van der Waals surface area contributed by atoms with E-state index in [1.807, 2.05) is 6.92 Å². The minimum atomic E-state index is -0.805. The molecule has 6 nitrogen and oxygen atoms in total. The van der Waals surface area contributed by atoms with Gasteiger partial charge in [0.2, 0.25) is 0 Å². The van der Waals surface area contributed by atoms with Crippen LogP contribution in [0.15, 0.2) is 36.4 Å². The van der Waals surface area contributed by atoms with Crippen molar-refractivity contribution in [2.75, 3.05) is 25.6 Å². The van der Waals surface area contributed by atoms with Crippen molar-refractivity contribution in [2.24, 2.45) is 0 Å². The van der Waals surface area contributed by atoms with E-state index in [9.17, 15) is 18.4 Å². The van der Waals surface area contributed by atoms with Crippen molar-refractivity contribution < 1.29 is 32.6 Å². The third-order valence-corrected chi connectivity index (χ3v) is 3.24. The molecular weight excluding hydrogens is 348 g/mol. The van der Waals surface area contributed by atoms with E-state index in [0.29, 0.717) is 18.1 Å². The van der Waals surface area contributed by atoms with Crippen LogP contribution in [0.25, 0.3) is 0 Å². The fraction of sp³-hybridized carbons (Fsp3) is 0.222. The second kappa shape index (κ2) is 8.80. The van der Waals surface area contributed by atoms with Gasteiger partial charge in [-0.1, -0.05) is 0 Å². The van der Waals surface area contributed by atoms with E-state index in [4.69, 9.17) is 14.2 Å². The molecule has 0 heterocycles. The number of rotatable bonds is 7. The molecule has 0 atom stereocenters. The molecule has 0 aromatic heterocycles. The molecule has 0 unspecified atom stereocenters. The Hall–Kier alpha value is -3.16. The van der Waals surface area contributed by atoms with E-state index >= 15 is 0 Å². The lowest BCUT2D eigenvalue weighted by Crippen LogP contribution is -2.21. The van der Waals surface area contributed by atoms with Gasteiger partial charge in [0, 0.05) is 6.07 Å². The summed E-state index contributed by atoms with van der Waals surface area (Å²) in [5.74, 6) is -2.29. The van der Waals surface area contributed by atoms with Gasteiger partial charge in [-0.3, -0.25) is 4.79 Å². The first kappa shape index (κ1) is 19.2. The van der Waals surface area contributed by atoms with Gasteiger partial charge in [-0.25, -0.2) is 13.6 Å². The summed E-state index contributed by atoms with van der Waals surface area (Å²) in [7, 11) is 1.42. The maximum Gasteiger partial charge on any atom is 0.338 e. The Balaban J connectivity index is 1.97. The zero-order valence-corrected chi connectivity index (χ0v) is 14.2. The lowest BCUT2D eigenvalue weighted by molar-refractivity contribution is -0.119.